The van der Waals surface area contributed by atoms with Gasteiger partial charge in [0.1, 0.15) is 5.82 Å². The largest absolute Gasteiger partial charge is 0.337 e. The van der Waals surface area contributed by atoms with Crippen molar-refractivity contribution in [3.63, 3.8) is 0 Å². The highest BCUT2D eigenvalue weighted by Gasteiger charge is 2.46. The summed E-state index contributed by atoms with van der Waals surface area (Å²) in [5, 5.41) is 3.74. The van der Waals surface area contributed by atoms with Gasteiger partial charge in [-0.3, -0.25) is 0 Å². The van der Waals surface area contributed by atoms with Crippen molar-refractivity contribution in [3.05, 3.63) is 18.2 Å². The zero-order valence-corrected chi connectivity index (χ0v) is 10.8. The molecule has 2 fully saturated rings. The molecule has 1 unspecified atom stereocenters. The van der Waals surface area contributed by atoms with Crippen molar-refractivity contribution in [2.24, 2.45) is 12.5 Å². The van der Waals surface area contributed by atoms with Gasteiger partial charge in [-0.25, -0.2) is 4.98 Å². The third-order valence-corrected chi connectivity index (χ3v) is 4.95. The second-order valence-electron chi connectivity index (χ2n) is 5.85. The summed E-state index contributed by atoms with van der Waals surface area (Å²) in [6.45, 7) is 0.927. The van der Waals surface area contributed by atoms with Crippen LogP contribution in [-0.4, -0.2) is 15.6 Å². The van der Waals surface area contributed by atoms with Crippen LogP contribution in [0.3, 0.4) is 0 Å². The van der Waals surface area contributed by atoms with Crippen LogP contribution in [0.5, 0.6) is 0 Å². The molecule has 1 atom stereocenters. The molecule has 2 saturated carbocycles. The summed E-state index contributed by atoms with van der Waals surface area (Å²) in [7, 11) is 2.07. The molecule has 1 aromatic rings. The van der Waals surface area contributed by atoms with Crippen LogP contribution < -0.4 is 5.32 Å². The molecule has 0 radical (unpaired) electrons. The number of nitrogens with one attached hydrogen (secondary N) is 1. The number of aryl methyl sites for hydroxylation is 1. The fraction of sp³-hybridized carbons (Fsp3) is 0.786. The van der Waals surface area contributed by atoms with Gasteiger partial charge in [0.05, 0.1) is 6.54 Å². The van der Waals surface area contributed by atoms with Gasteiger partial charge >= 0.3 is 0 Å². The Bertz CT molecular complexity index is 377. The van der Waals surface area contributed by atoms with E-state index in [0.29, 0.717) is 5.41 Å². The van der Waals surface area contributed by atoms with Gasteiger partial charge in [0.15, 0.2) is 0 Å². The Kier molecular flexibility index (Phi) is 2.95. The van der Waals surface area contributed by atoms with Gasteiger partial charge in [-0.2, -0.15) is 0 Å². The molecule has 3 heteroatoms. The lowest BCUT2D eigenvalue weighted by molar-refractivity contribution is 0.0217. The van der Waals surface area contributed by atoms with Crippen LogP contribution in [0.25, 0.3) is 0 Å². The summed E-state index contributed by atoms with van der Waals surface area (Å²) in [5.41, 5.74) is 0.656. The molecule has 1 N–H and O–H groups in total. The fourth-order valence-electron chi connectivity index (χ4n) is 3.65. The molecule has 2 aliphatic carbocycles. The van der Waals surface area contributed by atoms with Gasteiger partial charge in [-0.05, 0) is 31.1 Å². The van der Waals surface area contributed by atoms with E-state index in [9.17, 15) is 0 Å². The van der Waals surface area contributed by atoms with E-state index in [1.807, 2.05) is 12.4 Å². The predicted octanol–water partition coefficient (Wildman–Crippen LogP) is 2.62. The van der Waals surface area contributed by atoms with E-state index >= 15 is 0 Å². The minimum atomic E-state index is 0.656. The molecule has 0 saturated heterocycles. The first-order valence-electron chi connectivity index (χ1n) is 7.00. The normalized spacial score (nSPS) is 27.0. The minimum absolute atomic E-state index is 0.656. The van der Waals surface area contributed by atoms with Crippen LogP contribution in [0.2, 0.25) is 0 Å². The van der Waals surface area contributed by atoms with Crippen molar-refractivity contribution >= 4 is 0 Å². The van der Waals surface area contributed by atoms with E-state index in [0.717, 1.165) is 18.4 Å². The van der Waals surface area contributed by atoms with Crippen LogP contribution >= 0.6 is 0 Å². The number of aromatic nitrogens is 2. The monoisotopic (exact) mass is 233 g/mol. The van der Waals surface area contributed by atoms with Crippen LogP contribution in [0, 0.1) is 5.41 Å². The van der Waals surface area contributed by atoms with E-state index in [1.165, 1.54) is 44.9 Å². The minimum Gasteiger partial charge on any atom is -0.337 e. The van der Waals surface area contributed by atoms with Gasteiger partial charge in [-0.15, -0.1) is 0 Å². The topological polar surface area (TPSA) is 29.9 Å². The molecule has 0 aromatic carbocycles. The van der Waals surface area contributed by atoms with E-state index in [1.54, 1.807) is 0 Å². The lowest BCUT2D eigenvalue weighted by Crippen LogP contribution is -2.54. The predicted molar refractivity (Wildman–Crippen MR) is 68.6 cm³/mol. The van der Waals surface area contributed by atoms with Crippen molar-refractivity contribution < 1.29 is 0 Å². The quantitative estimate of drug-likeness (QED) is 0.869. The van der Waals surface area contributed by atoms with Crippen LogP contribution in [0.4, 0.5) is 0 Å². The molecule has 3 nitrogen and oxygen atoms in total. The first-order chi connectivity index (χ1) is 8.30. The Hall–Kier alpha value is -0.830. The van der Waals surface area contributed by atoms with Crippen molar-refractivity contribution in [1.29, 1.82) is 0 Å². The van der Waals surface area contributed by atoms with Gasteiger partial charge in [-0.1, -0.05) is 19.3 Å². The molecule has 3 rings (SSSR count). The number of hydrogen-bond acceptors (Lipinski definition) is 2. The first kappa shape index (κ1) is 11.3. The summed E-state index contributed by atoms with van der Waals surface area (Å²) < 4.78 is 2.11. The fourth-order valence-corrected chi connectivity index (χ4v) is 3.65. The van der Waals surface area contributed by atoms with Crippen molar-refractivity contribution in [1.82, 2.24) is 14.9 Å². The van der Waals surface area contributed by atoms with Gasteiger partial charge in [0.2, 0.25) is 0 Å². The summed E-state index contributed by atoms with van der Waals surface area (Å²) in [5.74, 6) is 1.16. The molecule has 1 spiro atoms. The van der Waals surface area contributed by atoms with Crippen LogP contribution in [0.15, 0.2) is 12.4 Å². The van der Waals surface area contributed by atoms with Crippen molar-refractivity contribution in [2.45, 2.75) is 57.5 Å². The number of hydrogen-bond donors (Lipinski definition) is 1. The zero-order chi connectivity index (χ0) is 11.7. The summed E-state index contributed by atoms with van der Waals surface area (Å²) in [6, 6.07) is 0.750. The maximum Gasteiger partial charge on any atom is 0.122 e. The second-order valence-corrected chi connectivity index (χ2v) is 5.85. The molecular weight excluding hydrogens is 210 g/mol. The second kappa shape index (κ2) is 4.45. The average molecular weight is 233 g/mol. The molecule has 1 heterocycles. The Labute approximate surface area is 104 Å². The molecule has 0 aliphatic heterocycles. The molecule has 2 aliphatic rings. The SMILES string of the molecule is Cn1ccnc1CNC1CCC12CCCCC2. The molecule has 17 heavy (non-hydrogen) atoms. The van der Waals surface area contributed by atoms with Crippen molar-refractivity contribution in [2.75, 3.05) is 0 Å². The standard InChI is InChI=1S/C14H23N3/c1-17-10-9-15-13(17)11-16-12-5-8-14(12)6-3-2-4-7-14/h9-10,12,16H,2-8,11H2,1H3. The molecule has 0 amide bonds. The molecule has 0 bridgehead atoms. The van der Waals surface area contributed by atoms with Crippen molar-refractivity contribution in [3.8, 4) is 0 Å². The zero-order valence-electron chi connectivity index (χ0n) is 10.8. The van der Waals surface area contributed by atoms with E-state index in [2.05, 4.69) is 21.9 Å². The molecule has 94 valence electrons. The molecule has 1 aromatic heterocycles. The number of imidazole rings is 1. The van der Waals surface area contributed by atoms with Crippen LogP contribution in [0.1, 0.15) is 50.8 Å². The summed E-state index contributed by atoms with van der Waals surface area (Å²) >= 11 is 0. The van der Waals surface area contributed by atoms with E-state index in [4.69, 9.17) is 0 Å². The van der Waals surface area contributed by atoms with Crippen LogP contribution in [-0.2, 0) is 13.6 Å². The Morgan fingerprint density at radius 2 is 2.18 bits per heavy atom. The lowest BCUT2D eigenvalue weighted by atomic mass is 9.57. The average Bonchev–Trinajstić information content (AvgIpc) is 2.75. The summed E-state index contributed by atoms with van der Waals surface area (Å²) in [4.78, 5) is 4.38. The van der Waals surface area contributed by atoms with E-state index in [-0.39, 0.29) is 0 Å². The number of nitrogens with zero attached hydrogens (tertiary/aromatic N) is 2. The van der Waals surface area contributed by atoms with Gasteiger partial charge in [0.25, 0.3) is 0 Å². The maximum atomic E-state index is 4.38. The highest BCUT2D eigenvalue weighted by Crippen LogP contribution is 2.51. The first-order valence-corrected chi connectivity index (χ1v) is 7.00. The summed E-state index contributed by atoms with van der Waals surface area (Å²) in [6.07, 6.45) is 14.0. The Morgan fingerprint density at radius 3 is 2.76 bits per heavy atom. The molecular formula is C14H23N3. The number of rotatable bonds is 3. The Balaban J connectivity index is 1.57. The lowest BCUT2D eigenvalue weighted by Gasteiger charge is -2.52. The Morgan fingerprint density at radius 1 is 1.35 bits per heavy atom. The highest BCUT2D eigenvalue weighted by molar-refractivity contribution is 5.02. The highest BCUT2D eigenvalue weighted by atomic mass is 15.1. The smallest absolute Gasteiger partial charge is 0.122 e. The maximum absolute atomic E-state index is 4.38. The van der Waals surface area contributed by atoms with Gasteiger partial charge in [0, 0.05) is 25.5 Å². The van der Waals surface area contributed by atoms with Gasteiger partial charge < -0.3 is 9.88 Å². The third-order valence-electron chi connectivity index (χ3n) is 4.95. The third kappa shape index (κ3) is 2.01. The van der Waals surface area contributed by atoms with E-state index < -0.39 is 0 Å².